The minimum Gasteiger partial charge on any atom is -0.373 e. The van der Waals surface area contributed by atoms with Crippen LogP contribution in [0.3, 0.4) is 0 Å². The lowest BCUT2D eigenvalue weighted by molar-refractivity contribution is -0.213. The fourth-order valence-electron chi connectivity index (χ4n) is 10.5. The number of aliphatic imine (C=N–C) groups is 1. The summed E-state index contributed by atoms with van der Waals surface area (Å²) < 4.78 is 6.84. The molecule has 0 aromatic rings. The number of nitrogens with one attached hydrogen (secondary N) is 2. The molecule has 8 heteroatoms. The normalized spacial score (nSPS) is 41.2. The van der Waals surface area contributed by atoms with Crippen molar-refractivity contribution in [3.63, 3.8) is 0 Å². The highest BCUT2D eigenvalue weighted by Gasteiger charge is 2.70. The summed E-state index contributed by atoms with van der Waals surface area (Å²) in [5.41, 5.74) is -0.618. The molecule has 0 bridgehead atoms. The Morgan fingerprint density at radius 3 is 2.40 bits per heavy atom. The summed E-state index contributed by atoms with van der Waals surface area (Å²) in [6, 6.07) is 2.20. The molecular weight excluding hydrogens is 538 g/mol. The number of carbonyl (C=O) groups excluding carboxylic acids is 2. The Morgan fingerprint density at radius 2 is 1.74 bits per heavy atom. The summed E-state index contributed by atoms with van der Waals surface area (Å²) >= 11 is 0. The SMILES string of the molecule is CN=C(NC#N)NCCO[C@]12CCC(C)(C)C[C@@H]1[C@H]1C(=O)C=C3[C@@]4(C)C=C(C#N)C(=O)C(C)(C)[C@@H]4CC[C@@]3(C)[C@]1(C)CC2. The topological polar surface area (TPSA) is 127 Å². The van der Waals surface area contributed by atoms with E-state index in [1.54, 1.807) is 7.05 Å². The van der Waals surface area contributed by atoms with E-state index in [2.05, 4.69) is 56.3 Å². The maximum absolute atomic E-state index is 14.6. The summed E-state index contributed by atoms with van der Waals surface area (Å²) in [5, 5.41) is 24.6. The van der Waals surface area contributed by atoms with Crippen LogP contribution in [0.2, 0.25) is 0 Å². The molecule has 0 heterocycles. The zero-order valence-electron chi connectivity index (χ0n) is 27.3. The van der Waals surface area contributed by atoms with Gasteiger partial charge in [0.1, 0.15) is 6.07 Å². The Hall–Kier alpha value is -2.97. The zero-order chi connectivity index (χ0) is 31.6. The molecule has 0 saturated heterocycles. The van der Waals surface area contributed by atoms with Crippen molar-refractivity contribution in [1.29, 1.82) is 10.5 Å². The van der Waals surface area contributed by atoms with E-state index >= 15 is 0 Å². The number of rotatable bonds is 4. The van der Waals surface area contributed by atoms with E-state index < -0.39 is 10.8 Å². The average Bonchev–Trinajstić information content (AvgIpc) is 2.94. The van der Waals surface area contributed by atoms with Gasteiger partial charge in [0, 0.05) is 30.3 Å². The highest BCUT2D eigenvalue weighted by Crippen LogP contribution is 2.73. The number of allylic oxidation sites excluding steroid dienone is 4. The molecule has 0 radical (unpaired) electrons. The minimum atomic E-state index is -0.667. The van der Waals surface area contributed by atoms with Crippen molar-refractivity contribution in [2.45, 2.75) is 99.0 Å². The van der Waals surface area contributed by atoms with Gasteiger partial charge in [0.15, 0.2) is 17.8 Å². The monoisotopic (exact) mass is 587 g/mol. The number of hydrogen-bond donors (Lipinski definition) is 2. The molecule has 43 heavy (non-hydrogen) atoms. The fourth-order valence-corrected chi connectivity index (χ4v) is 10.5. The summed E-state index contributed by atoms with van der Waals surface area (Å²) in [6.45, 7) is 16.5. The number of Topliss-reactive ketones (excluding diaryl/α,β-unsaturated/α-hetero) is 1. The molecule has 2 N–H and O–H groups in total. The van der Waals surface area contributed by atoms with Crippen LogP contribution in [-0.4, -0.2) is 43.3 Å². The van der Waals surface area contributed by atoms with Gasteiger partial charge in [-0.2, -0.15) is 10.5 Å². The van der Waals surface area contributed by atoms with Crippen molar-refractivity contribution in [3.05, 3.63) is 23.3 Å². The lowest BCUT2D eigenvalue weighted by Crippen LogP contribution is -2.66. The molecule has 232 valence electrons. The molecule has 3 fully saturated rings. The maximum atomic E-state index is 14.6. The molecule has 0 unspecified atom stereocenters. The van der Waals surface area contributed by atoms with Gasteiger partial charge in [-0.25, -0.2) is 0 Å². The van der Waals surface area contributed by atoms with Crippen molar-refractivity contribution in [2.24, 2.45) is 49.8 Å². The Kier molecular flexibility index (Phi) is 7.53. The van der Waals surface area contributed by atoms with Crippen LogP contribution in [0.15, 0.2) is 28.3 Å². The third-order valence-corrected chi connectivity index (χ3v) is 13.0. The smallest absolute Gasteiger partial charge is 0.204 e. The molecule has 0 aliphatic heterocycles. The summed E-state index contributed by atoms with van der Waals surface area (Å²) in [5.74, 6) is 0.496. The molecule has 0 aromatic carbocycles. The third kappa shape index (κ3) is 4.50. The van der Waals surface area contributed by atoms with Crippen LogP contribution in [0.5, 0.6) is 0 Å². The summed E-state index contributed by atoms with van der Waals surface area (Å²) in [6.07, 6.45) is 12.3. The molecule has 8 nitrogen and oxygen atoms in total. The molecular formula is C35H49N5O3. The number of carbonyl (C=O) groups is 2. The van der Waals surface area contributed by atoms with Crippen molar-refractivity contribution >= 4 is 17.5 Å². The van der Waals surface area contributed by atoms with Gasteiger partial charge in [-0.05, 0) is 79.1 Å². The van der Waals surface area contributed by atoms with Crippen LogP contribution in [0.1, 0.15) is 93.4 Å². The second kappa shape index (κ2) is 10.3. The molecule has 5 aliphatic carbocycles. The van der Waals surface area contributed by atoms with Crippen molar-refractivity contribution < 1.29 is 14.3 Å². The largest absolute Gasteiger partial charge is 0.373 e. The van der Waals surface area contributed by atoms with Gasteiger partial charge in [-0.1, -0.05) is 60.1 Å². The zero-order valence-corrected chi connectivity index (χ0v) is 27.3. The molecule has 3 saturated carbocycles. The van der Waals surface area contributed by atoms with Gasteiger partial charge >= 0.3 is 0 Å². The van der Waals surface area contributed by atoms with Crippen LogP contribution in [0, 0.1) is 67.6 Å². The number of fused-ring (bicyclic) bond motifs is 7. The van der Waals surface area contributed by atoms with E-state index in [1.807, 2.05) is 32.2 Å². The van der Waals surface area contributed by atoms with Crippen molar-refractivity contribution in [2.75, 3.05) is 20.2 Å². The van der Waals surface area contributed by atoms with Crippen LogP contribution in [0.4, 0.5) is 0 Å². The molecule has 5 aliphatic rings. The lowest BCUT2D eigenvalue weighted by Gasteiger charge is -2.69. The van der Waals surface area contributed by atoms with Crippen LogP contribution in [-0.2, 0) is 14.3 Å². The molecule has 0 aromatic heterocycles. The summed E-state index contributed by atoms with van der Waals surface area (Å²) in [4.78, 5) is 32.0. The van der Waals surface area contributed by atoms with E-state index in [0.717, 1.165) is 50.5 Å². The van der Waals surface area contributed by atoms with Gasteiger partial charge in [-0.3, -0.25) is 19.9 Å². The van der Waals surface area contributed by atoms with Gasteiger partial charge in [0.05, 0.1) is 17.8 Å². The Morgan fingerprint density at radius 1 is 1.05 bits per heavy atom. The predicted octanol–water partition coefficient (Wildman–Crippen LogP) is 5.62. The number of guanidine groups is 1. The first-order valence-electron chi connectivity index (χ1n) is 16.0. The van der Waals surface area contributed by atoms with Crippen LogP contribution >= 0.6 is 0 Å². The van der Waals surface area contributed by atoms with E-state index in [0.29, 0.717) is 19.1 Å². The number of nitriles is 2. The predicted molar refractivity (Wildman–Crippen MR) is 165 cm³/mol. The first-order chi connectivity index (χ1) is 20.0. The number of ether oxygens (including phenoxy) is 1. The van der Waals surface area contributed by atoms with Gasteiger partial charge in [0.25, 0.3) is 0 Å². The Balaban J connectivity index is 1.54. The number of ketones is 2. The van der Waals surface area contributed by atoms with Crippen LogP contribution < -0.4 is 10.6 Å². The van der Waals surface area contributed by atoms with Gasteiger partial charge < -0.3 is 10.1 Å². The molecule has 5 rings (SSSR count). The third-order valence-electron chi connectivity index (χ3n) is 13.0. The highest BCUT2D eigenvalue weighted by atomic mass is 16.5. The van der Waals surface area contributed by atoms with Gasteiger partial charge in [-0.15, -0.1) is 0 Å². The Labute approximate surface area is 257 Å². The van der Waals surface area contributed by atoms with E-state index in [9.17, 15) is 14.9 Å². The lowest BCUT2D eigenvalue weighted by atomic mass is 9.35. The first-order valence-corrected chi connectivity index (χ1v) is 16.0. The summed E-state index contributed by atoms with van der Waals surface area (Å²) in [7, 11) is 1.63. The van der Waals surface area contributed by atoms with E-state index in [1.165, 1.54) is 0 Å². The van der Waals surface area contributed by atoms with E-state index in [4.69, 9.17) is 10.00 Å². The first kappa shape index (κ1) is 31.5. The fraction of sp³-hybridized carbons (Fsp3) is 0.743. The van der Waals surface area contributed by atoms with Gasteiger partial charge in [0.2, 0.25) is 5.96 Å². The van der Waals surface area contributed by atoms with Crippen molar-refractivity contribution in [1.82, 2.24) is 10.6 Å². The molecule has 7 atom stereocenters. The number of nitrogens with zero attached hydrogens (tertiary/aromatic N) is 3. The van der Waals surface area contributed by atoms with Crippen LogP contribution in [0.25, 0.3) is 0 Å². The standard InChI is InChI=1S/C35H49N5O3/c1-30(2)11-13-35(43-16-15-39-29(38-8)40-21-37)14-12-34(7)27(23(35)19-30)24(41)17-26-32(5)18-22(20-36)28(42)31(3,4)25(32)9-10-33(26,34)6/h17-18,23,25,27H,9-16,19H2,1-8H3,(H2,38,39,40)/t23-,25+,27+,32+,33-,34-,35+/m1/s1. The Bertz CT molecular complexity index is 1390. The van der Waals surface area contributed by atoms with E-state index in [-0.39, 0.29) is 56.7 Å². The maximum Gasteiger partial charge on any atom is 0.204 e. The number of hydrogen-bond acceptors (Lipinski definition) is 6. The molecule has 0 spiro atoms. The highest BCUT2D eigenvalue weighted by molar-refractivity contribution is 6.04. The quantitative estimate of drug-likeness (QED) is 0.144. The average molecular weight is 588 g/mol. The second-order valence-corrected chi connectivity index (χ2v) is 15.9. The minimum absolute atomic E-state index is 0.0380. The van der Waals surface area contributed by atoms with Crippen molar-refractivity contribution in [3.8, 4) is 12.3 Å². The second-order valence-electron chi connectivity index (χ2n) is 15.9. The molecule has 0 amide bonds.